The Balaban J connectivity index is 1.79. The van der Waals surface area contributed by atoms with Gasteiger partial charge in [-0.2, -0.15) is 24.9 Å². The third-order valence-corrected chi connectivity index (χ3v) is 7.34. The first-order chi connectivity index (χ1) is 19.5. The minimum Gasteiger partial charge on any atom is -0.493 e. The van der Waals surface area contributed by atoms with Gasteiger partial charge in [0.15, 0.2) is 0 Å². The fraction of sp³-hybridized carbons (Fsp3) is 0.517. The summed E-state index contributed by atoms with van der Waals surface area (Å²) in [5.74, 6) is -0.300. The van der Waals surface area contributed by atoms with E-state index in [9.17, 15) is 32.3 Å². The van der Waals surface area contributed by atoms with Crippen LogP contribution >= 0.6 is 11.8 Å². The van der Waals surface area contributed by atoms with Crippen molar-refractivity contribution in [3.63, 3.8) is 0 Å². The Labute approximate surface area is 241 Å². The molecule has 0 spiro atoms. The molecule has 0 aliphatic carbocycles. The van der Waals surface area contributed by atoms with Crippen molar-refractivity contribution in [1.82, 2.24) is 16.0 Å². The average molecular weight is 600 g/mol. The second-order valence-corrected chi connectivity index (χ2v) is 11.1. The Bertz CT molecular complexity index is 1150. The molecule has 41 heavy (non-hydrogen) atoms. The Morgan fingerprint density at radius 2 is 1.93 bits per heavy atom. The monoisotopic (exact) mass is 599 g/mol. The van der Waals surface area contributed by atoms with Crippen molar-refractivity contribution < 1.29 is 37.0 Å². The van der Waals surface area contributed by atoms with E-state index < -0.39 is 41.7 Å². The molecule has 1 unspecified atom stereocenters. The van der Waals surface area contributed by atoms with Gasteiger partial charge >= 0.3 is 6.18 Å². The standard InChI is InChI=1S/C29H37F4N3O4S/c1-41-11-9-24-28(39)36-25(26(37)18-34-17-19-6-5-7-21(12-19)29(31,32)33)15-20-13-22(30)16-23(14-20)40-10-4-2-3-8-27(38)35-24/h5-7,12-14,16,24-26,34,37H,2-4,8-11,15,17-18H2,1H3,(H,35,38)(H,36,39)/t24?,25-,26+/m0/s1. The first-order valence-electron chi connectivity index (χ1n) is 13.6. The van der Waals surface area contributed by atoms with Crippen molar-refractivity contribution in [1.29, 1.82) is 0 Å². The first kappa shape index (κ1) is 32.7. The summed E-state index contributed by atoms with van der Waals surface area (Å²) in [6.07, 6.45) is -1.07. The first-order valence-corrected chi connectivity index (χ1v) is 15.0. The number of thioether (sulfide) groups is 1. The number of carbonyl (C=O) groups is 2. The van der Waals surface area contributed by atoms with Gasteiger partial charge in [0.2, 0.25) is 11.8 Å². The van der Waals surface area contributed by atoms with Crippen molar-refractivity contribution in [2.45, 2.75) is 69.4 Å². The quantitative estimate of drug-likeness (QED) is 0.340. The summed E-state index contributed by atoms with van der Waals surface area (Å²) in [7, 11) is 0. The molecule has 2 bridgehead atoms. The second-order valence-electron chi connectivity index (χ2n) is 10.1. The minimum absolute atomic E-state index is 0.0476. The van der Waals surface area contributed by atoms with Crippen molar-refractivity contribution in [3.05, 3.63) is 65.0 Å². The van der Waals surface area contributed by atoms with E-state index in [0.717, 1.165) is 18.6 Å². The number of carbonyl (C=O) groups excluding carboxylic acids is 2. The maximum atomic E-state index is 14.4. The number of aliphatic hydroxyl groups is 1. The lowest BCUT2D eigenvalue weighted by molar-refractivity contribution is -0.137. The number of hydrogen-bond donors (Lipinski definition) is 4. The molecule has 2 aromatic rings. The second kappa shape index (κ2) is 16.0. The number of rotatable bonds is 8. The molecule has 226 valence electrons. The summed E-state index contributed by atoms with van der Waals surface area (Å²) in [6.45, 7) is 0.330. The molecule has 0 radical (unpaired) electrons. The summed E-state index contributed by atoms with van der Waals surface area (Å²) in [5.41, 5.74) is 0.0874. The van der Waals surface area contributed by atoms with Gasteiger partial charge in [-0.15, -0.1) is 0 Å². The van der Waals surface area contributed by atoms with Crippen LogP contribution in [-0.4, -0.2) is 60.3 Å². The van der Waals surface area contributed by atoms with E-state index >= 15 is 0 Å². The third kappa shape index (κ3) is 11.2. The zero-order chi connectivity index (χ0) is 29.8. The van der Waals surface area contributed by atoms with Crippen LogP contribution in [0.15, 0.2) is 42.5 Å². The highest BCUT2D eigenvalue weighted by Gasteiger charge is 2.30. The molecule has 1 heterocycles. The number of halogens is 4. The average Bonchev–Trinajstić information content (AvgIpc) is 2.91. The molecule has 7 nitrogen and oxygen atoms in total. The highest BCUT2D eigenvalue weighted by atomic mass is 32.2. The molecule has 12 heteroatoms. The maximum Gasteiger partial charge on any atom is 0.416 e. The summed E-state index contributed by atoms with van der Waals surface area (Å²) in [4.78, 5) is 25.9. The Hall–Kier alpha value is -2.83. The van der Waals surface area contributed by atoms with E-state index in [-0.39, 0.29) is 31.8 Å². The van der Waals surface area contributed by atoms with Crippen LogP contribution in [0.25, 0.3) is 0 Å². The van der Waals surface area contributed by atoms with Gasteiger partial charge < -0.3 is 25.8 Å². The van der Waals surface area contributed by atoms with Gasteiger partial charge in [-0.05, 0) is 73.4 Å². The number of fused-ring (bicyclic) bond motifs is 2. The number of benzene rings is 2. The molecule has 1 aliphatic heterocycles. The van der Waals surface area contributed by atoms with Gasteiger partial charge in [0.25, 0.3) is 0 Å². The maximum absolute atomic E-state index is 14.4. The van der Waals surface area contributed by atoms with E-state index in [4.69, 9.17) is 4.74 Å². The van der Waals surface area contributed by atoms with Gasteiger partial charge in [-0.25, -0.2) is 4.39 Å². The van der Waals surface area contributed by atoms with Gasteiger partial charge in [-0.3, -0.25) is 9.59 Å². The van der Waals surface area contributed by atoms with Gasteiger partial charge in [0.05, 0.1) is 24.3 Å². The van der Waals surface area contributed by atoms with E-state index in [1.165, 1.54) is 36.0 Å². The van der Waals surface area contributed by atoms with Crippen LogP contribution in [0, 0.1) is 5.82 Å². The molecule has 2 aromatic carbocycles. The molecular formula is C29H37F4N3O4S. The summed E-state index contributed by atoms with van der Waals surface area (Å²) < 4.78 is 59.3. The number of ether oxygens (including phenoxy) is 1. The lowest BCUT2D eigenvalue weighted by atomic mass is 9.99. The van der Waals surface area contributed by atoms with Crippen molar-refractivity contribution in [3.8, 4) is 5.75 Å². The summed E-state index contributed by atoms with van der Waals surface area (Å²) in [5, 5.41) is 19.6. The molecule has 2 amide bonds. The summed E-state index contributed by atoms with van der Waals surface area (Å²) in [6, 6.07) is 7.36. The van der Waals surface area contributed by atoms with Crippen LogP contribution in [-0.2, 0) is 28.7 Å². The van der Waals surface area contributed by atoms with E-state index in [1.54, 1.807) is 6.07 Å². The van der Waals surface area contributed by atoms with Crippen LogP contribution < -0.4 is 20.7 Å². The predicted octanol–water partition coefficient (Wildman–Crippen LogP) is 4.21. The zero-order valence-electron chi connectivity index (χ0n) is 22.9. The molecular weight excluding hydrogens is 562 g/mol. The Morgan fingerprint density at radius 3 is 2.68 bits per heavy atom. The smallest absolute Gasteiger partial charge is 0.416 e. The number of amides is 2. The predicted molar refractivity (Wildman–Crippen MR) is 150 cm³/mol. The van der Waals surface area contributed by atoms with Crippen LogP contribution in [0.5, 0.6) is 5.75 Å². The lowest BCUT2D eigenvalue weighted by Crippen LogP contribution is -2.55. The number of aliphatic hydroxyl groups excluding tert-OH is 1. The van der Waals surface area contributed by atoms with Crippen molar-refractivity contribution in [2.75, 3.05) is 25.2 Å². The van der Waals surface area contributed by atoms with Gasteiger partial charge in [-0.1, -0.05) is 18.2 Å². The highest BCUT2D eigenvalue weighted by molar-refractivity contribution is 7.98. The van der Waals surface area contributed by atoms with Crippen LogP contribution in [0.4, 0.5) is 17.6 Å². The van der Waals surface area contributed by atoms with Crippen LogP contribution in [0.3, 0.4) is 0 Å². The fourth-order valence-corrected chi connectivity index (χ4v) is 5.00. The number of alkyl halides is 3. The number of hydrogen-bond acceptors (Lipinski definition) is 6. The SMILES string of the molecule is CSCCC1NC(=O)CCCCCOc2cc(F)cc(c2)C[C@@H]([C@H](O)CNCc2cccc(C(F)(F)F)c2)NC1=O. The molecule has 0 saturated carbocycles. The Kier molecular flexibility index (Phi) is 12.7. The molecule has 1 aliphatic rings. The normalized spacial score (nSPS) is 20.0. The third-order valence-electron chi connectivity index (χ3n) is 6.69. The molecule has 3 rings (SSSR count). The highest BCUT2D eigenvalue weighted by Crippen LogP contribution is 2.29. The molecule has 0 fully saturated rings. The largest absolute Gasteiger partial charge is 0.493 e. The molecule has 0 aromatic heterocycles. The van der Waals surface area contributed by atoms with Crippen molar-refractivity contribution >= 4 is 23.6 Å². The molecule has 3 atom stereocenters. The van der Waals surface area contributed by atoms with Gasteiger partial charge in [0, 0.05) is 25.6 Å². The molecule has 0 saturated heterocycles. The fourth-order valence-electron chi connectivity index (χ4n) is 4.53. The van der Waals surface area contributed by atoms with E-state index in [1.807, 2.05) is 6.26 Å². The number of nitrogens with one attached hydrogen (secondary N) is 3. The van der Waals surface area contributed by atoms with E-state index in [2.05, 4.69) is 16.0 Å². The molecule has 4 N–H and O–H groups in total. The van der Waals surface area contributed by atoms with Crippen molar-refractivity contribution in [2.24, 2.45) is 0 Å². The van der Waals surface area contributed by atoms with Gasteiger partial charge in [0.1, 0.15) is 17.6 Å². The topological polar surface area (TPSA) is 99.7 Å². The lowest BCUT2D eigenvalue weighted by Gasteiger charge is -2.28. The van der Waals surface area contributed by atoms with Crippen LogP contribution in [0.1, 0.15) is 48.8 Å². The zero-order valence-corrected chi connectivity index (χ0v) is 23.8. The Morgan fingerprint density at radius 1 is 1.12 bits per heavy atom. The minimum atomic E-state index is -4.47. The van der Waals surface area contributed by atoms with E-state index in [0.29, 0.717) is 48.5 Å². The summed E-state index contributed by atoms with van der Waals surface area (Å²) >= 11 is 1.53. The van der Waals surface area contributed by atoms with Crippen LogP contribution in [0.2, 0.25) is 0 Å².